The van der Waals surface area contributed by atoms with Crippen molar-refractivity contribution in [3.05, 3.63) is 87.9 Å². The summed E-state index contributed by atoms with van der Waals surface area (Å²) in [5, 5.41) is 23.9. The number of nitrogens with one attached hydrogen (secondary N) is 1. The molecule has 2 N–H and O–H groups in total. The van der Waals surface area contributed by atoms with Gasteiger partial charge in [0.25, 0.3) is 5.56 Å². The van der Waals surface area contributed by atoms with Crippen molar-refractivity contribution in [3.63, 3.8) is 0 Å². The van der Waals surface area contributed by atoms with E-state index in [0.29, 0.717) is 24.2 Å². The molecular formula is C26H26N6O3. The van der Waals surface area contributed by atoms with Crippen molar-refractivity contribution in [2.45, 2.75) is 45.2 Å². The summed E-state index contributed by atoms with van der Waals surface area (Å²) in [6.45, 7) is 4.04. The Kier molecular flexibility index (Phi) is 5.90. The van der Waals surface area contributed by atoms with Crippen LogP contribution in [0.4, 0.5) is 0 Å². The number of tetrazole rings is 1. The summed E-state index contributed by atoms with van der Waals surface area (Å²) in [4.78, 5) is 25.3. The van der Waals surface area contributed by atoms with Crippen molar-refractivity contribution in [1.82, 2.24) is 30.0 Å². The zero-order valence-corrected chi connectivity index (χ0v) is 19.5. The normalized spacial score (nSPS) is 16.9. The lowest BCUT2D eigenvalue weighted by atomic mass is 9.96. The van der Waals surface area contributed by atoms with E-state index in [1.54, 1.807) is 6.08 Å². The van der Waals surface area contributed by atoms with Crippen LogP contribution in [0.3, 0.4) is 0 Å². The van der Waals surface area contributed by atoms with E-state index < -0.39 is 12.0 Å². The maximum Gasteiger partial charge on any atom is 0.332 e. The van der Waals surface area contributed by atoms with Crippen LogP contribution in [0.25, 0.3) is 22.5 Å². The first-order chi connectivity index (χ1) is 17.0. The van der Waals surface area contributed by atoms with Gasteiger partial charge < -0.3 is 5.11 Å². The molecule has 1 aliphatic rings. The summed E-state index contributed by atoms with van der Waals surface area (Å²) in [5.74, 6) is -0.439. The minimum Gasteiger partial charge on any atom is -0.479 e. The average molecular weight is 471 g/mol. The highest BCUT2D eigenvalue weighted by Gasteiger charge is 2.31. The molecule has 2 atom stereocenters. The van der Waals surface area contributed by atoms with Gasteiger partial charge in [-0.2, -0.15) is 0 Å². The smallest absolute Gasteiger partial charge is 0.332 e. The number of benzene rings is 2. The highest BCUT2D eigenvalue weighted by molar-refractivity contribution is 5.80. The van der Waals surface area contributed by atoms with Gasteiger partial charge in [0, 0.05) is 23.2 Å². The third-order valence-electron chi connectivity index (χ3n) is 6.46. The van der Waals surface area contributed by atoms with Crippen LogP contribution in [0, 0.1) is 0 Å². The molecule has 0 fully saturated rings. The van der Waals surface area contributed by atoms with Gasteiger partial charge in [0.15, 0.2) is 11.9 Å². The second kappa shape index (κ2) is 9.17. The number of carbonyl (C=O) groups is 1. The number of rotatable bonds is 7. The third kappa shape index (κ3) is 3.99. The minimum atomic E-state index is -1.03. The number of aliphatic carboxylic acids is 1. The number of H-pyrrole nitrogens is 1. The topological polar surface area (TPSA) is 119 Å². The van der Waals surface area contributed by atoms with Crippen LogP contribution >= 0.6 is 0 Å². The molecule has 0 bridgehead atoms. The molecule has 0 spiro atoms. The highest BCUT2D eigenvalue weighted by Crippen LogP contribution is 2.31. The zero-order valence-electron chi connectivity index (χ0n) is 19.5. The fourth-order valence-corrected chi connectivity index (χ4v) is 4.85. The highest BCUT2D eigenvalue weighted by atomic mass is 16.4. The lowest BCUT2D eigenvalue weighted by molar-refractivity contribution is -0.140. The standard InChI is InChI=1S/C26H26N6O3/c1-3-6-22-21(25(33)32-23(26(34)35)14-9-16(2)31(22)32)15-17-10-12-18(13-11-17)19-7-4-5-8-20(19)24-27-29-30-28-24/h4-5,7-14,16,23H,3,6,15H2,1-2H3,(H,34,35)(H,27,28,29,30). The lowest BCUT2D eigenvalue weighted by Gasteiger charge is -2.26. The van der Waals surface area contributed by atoms with E-state index in [4.69, 9.17) is 0 Å². The predicted octanol–water partition coefficient (Wildman–Crippen LogP) is 3.80. The molecule has 2 unspecified atom stereocenters. The Balaban J connectivity index is 1.51. The van der Waals surface area contributed by atoms with E-state index in [9.17, 15) is 14.7 Å². The molecule has 35 heavy (non-hydrogen) atoms. The van der Waals surface area contributed by atoms with Crippen LogP contribution in [-0.4, -0.2) is 41.1 Å². The molecule has 3 heterocycles. The third-order valence-corrected chi connectivity index (χ3v) is 6.46. The number of allylic oxidation sites excluding steroid dienone is 1. The van der Waals surface area contributed by atoms with E-state index in [-0.39, 0.29) is 11.6 Å². The maximum atomic E-state index is 13.5. The number of carboxylic acids is 1. The lowest BCUT2D eigenvalue weighted by Crippen LogP contribution is -2.35. The summed E-state index contributed by atoms with van der Waals surface area (Å²) >= 11 is 0. The number of hydrogen-bond acceptors (Lipinski definition) is 5. The van der Waals surface area contributed by atoms with Gasteiger partial charge in [-0.05, 0) is 40.5 Å². The SMILES string of the molecule is CCCc1c(Cc2ccc(-c3ccccc3-c3nnn[nH]3)cc2)c(=O)n2n1C(C)C=CC2C(=O)O. The number of nitrogens with zero attached hydrogens (tertiary/aromatic N) is 5. The van der Waals surface area contributed by atoms with Crippen LogP contribution in [-0.2, 0) is 17.6 Å². The van der Waals surface area contributed by atoms with Crippen molar-refractivity contribution in [2.24, 2.45) is 0 Å². The first-order valence-corrected chi connectivity index (χ1v) is 11.7. The molecule has 178 valence electrons. The van der Waals surface area contributed by atoms with Crippen molar-refractivity contribution < 1.29 is 9.90 Å². The molecule has 0 amide bonds. The van der Waals surface area contributed by atoms with Gasteiger partial charge in [-0.3, -0.25) is 9.48 Å². The average Bonchev–Trinajstić information content (AvgIpc) is 3.49. The Labute approximate surface area is 201 Å². The molecule has 9 heteroatoms. The Morgan fingerprint density at radius 2 is 1.80 bits per heavy atom. The molecule has 1 aliphatic heterocycles. The minimum absolute atomic E-state index is 0.0851. The quantitative estimate of drug-likeness (QED) is 0.397. The molecule has 0 saturated carbocycles. The second-order valence-electron chi connectivity index (χ2n) is 8.75. The number of hydrogen-bond donors (Lipinski definition) is 2. The van der Waals surface area contributed by atoms with Gasteiger partial charge in [0.05, 0.1) is 6.04 Å². The van der Waals surface area contributed by atoms with Gasteiger partial charge in [-0.1, -0.05) is 74.0 Å². The molecular weight excluding hydrogens is 444 g/mol. The molecule has 2 aromatic heterocycles. The van der Waals surface area contributed by atoms with Gasteiger partial charge >= 0.3 is 5.97 Å². The fourth-order valence-electron chi connectivity index (χ4n) is 4.85. The number of aromatic nitrogens is 6. The summed E-state index contributed by atoms with van der Waals surface area (Å²) in [5.41, 5.74) is 5.22. The predicted molar refractivity (Wildman–Crippen MR) is 131 cm³/mol. The zero-order chi connectivity index (χ0) is 24.5. The van der Waals surface area contributed by atoms with E-state index in [2.05, 4.69) is 27.5 Å². The Morgan fingerprint density at radius 1 is 1.06 bits per heavy atom. The van der Waals surface area contributed by atoms with Crippen LogP contribution in [0.2, 0.25) is 0 Å². The summed E-state index contributed by atoms with van der Waals surface area (Å²) in [6, 6.07) is 14.9. The van der Waals surface area contributed by atoms with E-state index in [0.717, 1.165) is 34.4 Å². The van der Waals surface area contributed by atoms with Gasteiger partial charge in [-0.25, -0.2) is 14.6 Å². The summed E-state index contributed by atoms with van der Waals surface area (Å²) < 4.78 is 3.28. The molecule has 2 aromatic carbocycles. The van der Waals surface area contributed by atoms with Crippen molar-refractivity contribution >= 4 is 5.97 Å². The molecule has 4 aromatic rings. The van der Waals surface area contributed by atoms with Crippen LogP contribution in [0.5, 0.6) is 0 Å². The monoisotopic (exact) mass is 470 g/mol. The summed E-state index contributed by atoms with van der Waals surface area (Å²) in [6.07, 6.45) is 5.46. The van der Waals surface area contributed by atoms with Gasteiger partial charge in [0.2, 0.25) is 0 Å². The van der Waals surface area contributed by atoms with Crippen LogP contribution < -0.4 is 5.56 Å². The Hall–Kier alpha value is -4.27. The van der Waals surface area contributed by atoms with Crippen molar-refractivity contribution in [2.75, 3.05) is 0 Å². The largest absolute Gasteiger partial charge is 0.479 e. The molecule has 0 aliphatic carbocycles. The molecule has 0 radical (unpaired) electrons. The maximum absolute atomic E-state index is 13.5. The second-order valence-corrected chi connectivity index (χ2v) is 8.75. The van der Waals surface area contributed by atoms with E-state index in [1.807, 2.05) is 66.2 Å². The molecule has 0 saturated heterocycles. The van der Waals surface area contributed by atoms with Gasteiger partial charge in [0.1, 0.15) is 0 Å². The van der Waals surface area contributed by atoms with Crippen molar-refractivity contribution in [1.29, 1.82) is 0 Å². The Bertz CT molecular complexity index is 1450. The van der Waals surface area contributed by atoms with Crippen LogP contribution in [0.15, 0.2) is 65.5 Å². The molecule has 5 rings (SSSR count). The fraction of sp³-hybridized carbons (Fsp3) is 0.269. The van der Waals surface area contributed by atoms with Crippen molar-refractivity contribution in [3.8, 4) is 22.5 Å². The van der Waals surface area contributed by atoms with Gasteiger partial charge in [-0.15, -0.1) is 5.10 Å². The first-order valence-electron chi connectivity index (χ1n) is 11.7. The number of fused-ring (bicyclic) bond motifs is 1. The first kappa shape index (κ1) is 22.5. The summed E-state index contributed by atoms with van der Waals surface area (Å²) in [7, 11) is 0. The Morgan fingerprint density at radius 3 is 2.46 bits per heavy atom. The van der Waals surface area contributed by atoms with Crippen LogP contribution in [0.1, 0.15) is 49.2 Å². The number of carboxylic acid groups (broad SMARTS) is 1. The van der Waals surface area contributed by atoms with E-state index in [1.165, 1.54) is 4.68 Å². The van der Waals surface area contributed by atoms with E-state index >= 15 is 0 Å². The number of aromatic amines is 1. The molecule has 9 nitrogen and oxygen atoms in total.